The summed E-state index contributed by atoms with van der Waals surface area (Å²) in [7, 11) is 0. The van der Waals surface area contributed by atoms with Crippen LogP contribution < -0.4 is 0 Å². The smallest absolute Gasteiger partial charge is 0.307 e. The summed E-state index contributed by atoms with van der Waals surface area (Å²) < 4.78 is 0. The second kappa shape index (κ2) is 5.12. The molecule has 108 valence electrons. The molecule has 1 saturated carbocycles. The number of nitrogens with zero attached hydrogens (tertiary/aromatic N) is 1. The molecule has 2 fully saturated rings. The summed E-state index contributed by atoms with van der Waals surface area (Å²) in [6.45, 7) is 4.62. The molecule has 1 aliphatic heterocycles. The van der Waals surface area contributed by atoms with Gasteiger partial charge in [0, 0.05) is 13.1 Å². The first-order chi connectivity index (χ1) is 8.84. The van der Waals surface area contributed by atoms with Crippen molar-refractivity contribution in [3.05, 3.63) is 0 Å². The highest BCUT2D eigenvalue weighted by atomic mass is 16.4. The van der Waals surface area contributed by atoms with Crippen LogP contribution >= 0.6 is 0 Å². The van der Waals surface area contributed by atoms with E-state index in [0.717, 1.165) is 6.42 Å². The number of carboxylic acid groups (broad SMARTS) is 1. The van der Waals surface area contributed by atoms with Gasteiger partial charge in [0.2, 0.25) is 5.91 Å². The minimum absolute atomic E-state index is 0.0823. The van der Waals surface area contributed by atoms with Gasteiger partial charge in [-0.15, -0.1) is 0 Å². The van der Waals surface area contributed by atoms with Crippen LogP contribution in [0.5, 0.6) is 0 Å². The maximum atomic E-state index is 12.5. The van der Waals surface area contributed by atoms with Crippen LogP contribution in [0.1, 0.15) is 39.5 Å². The molecule has 2 N–H and O–H groups in total. The summed E-state index contributed by atoms with van der Waals surface area (Å²) in [6, 6.07) is 0. The number of hydrogen-bond acceptors (Lipinski definition) is 3. The third kappa shape index (κ3) is 2.91. The van der Waals surface area contributed by atoms with Gasteiger partial charge >= 0.3 is 5.97 Å². The summed E-state index contributed by atoms with van der Waals surface area (Å²) in [5.41, 5.74) is -0.822. The predicted molar refractivity (Wildman–Crippen MR) is 69.5 cm³/mol. The number of β-amino-alcohol motifs (C(OH)–C–C–N with tert-alkyl or cyclic N) is 1. The van der Waals surface area contributed by atoms with E-state index >= 15 is 0 Å². The number of carboxylic acids is 1. The molecule has 19 heavy (non-hydrogen) atoms. The third-order valence-electron chi connectivity index (χ3n) is 4.64. The second-order valence-corrected chi connectivity index (χ2v) is 6.30. The Balaban J connectivity index is 2.07. The van der Waals surface area contributed by atoms with Gasteiger partial charge in [0.1, 0.15) is 0 Å². The van der Waals surface area contributed by atoms with E-state index in [1.165, 1.54) is 0 Å². The first-order valence-corrected chi connectivity index (χ1v) is 7.08. The van der Waals surface area contributed by atoms with Crippen LogP contribution in [0.4, 0.5) is 0 Å². The zero-order valence-corrected chi connectivity index (χ0v) is 11.6. The average Bonchev–Trinajstić information content (AvgIpc) is 2.91. The Kier molecular flexibility index (Phi) is 3.85. The van der Waals surface area contributed by atoms with E-state index in [2.05, 4.69) is 0 Å². The van der Waals surface area contributed by atoms with Crippen LogP contribution in [0.15, 0.2) is 0 Å². The van der Waals surface area contributed by atoms with E-state index in [4.69, 9.17) is 0 Å². The number of rotatable bonds is 3. The molecule has 1 amide bonds. The van der Waals surface area contributed by atoms with Crippen molar-refractivity contribution < 1.29 is 19.8 Å². The molecule has 0 spiro atoms. The molecule has 0 radical (unpaired) electrons. The van der Waals surface area contributed by atoms with E-state index in [9.17, 15) is 19.8 Å². The van der Waals surface area contributed by atoms with Gasteiger partial charge in [-0.25, -0.2) is 0 Å². The number of amides is 1. The predicted octanol–water partition coefficient (Wildman–Crippen LogP) is 1.11. The Morgan fingerprint density at radius 3 is 2.42 bits per heavy atom. The van der Waals surface area contributed by atoms with Gasteiger partial charge in [0.15, 0.2) is 0 Å². The van der Waals surface area contributed by atoms with Gasteiger partial charge in [0.05, 0.1) is 17.4 Å². The lowest BCUT2D eigenvalue weighted by Crippen LogP contribution is -2.40. The normalized spacial score (nSPS) is 38.7. The fourth-order valence-electron chi connectivity index (χ4n) is 3.39. The topological polar surface area (TPSA) is 77.8 Å². The van der Waals surface area contributed by atoms with Gasteiger partial charge in [-0.3, -0.25) is 9.59 Å². The molecule has 1 saturated heterocycles. The summed E-state index contributed by atoms with van der Waals surface area (Å²) in [6.07, 6.45) is 2.77. The van der Waals surface area contributed by atoms with Gasteiger partial charge in [-0.2, -0.15) is 0 Å². The first-order valence-electron chi connectivity index (χ1n) is 7.08. The van der Waals surface area contributed by atoms with Gasteiger partial charge in [-0.1, -0.05) is 13.3 Å². The largest absolute Gasteiger partial charge is 0.481 e. The van der Waals surface area contributed by atoms with Crippen LogP contribution in [0, 0.1) is 17.8 Å². The molecular weight excluding hydrogens is 246 g/mol. The Morgan fingerprint density at radius 2 is 1.95 bits per heavy atom. The lowest BCUT2D eigenvalue weighted by Gasteiger charge is -2.24. The standard InChI is InChI=1S/C14H23NO4/c1-3-9-6-10(11(7-9)13(17)18)12(16)15-5-4-14(2,19)8-15/h9-11,19H,3-8H2,1-2H3,(H,17,18). The first kappa shape index (κ1) is 14.3. The van der Waals surface area contributed by atoms with Gasteiger partial charge < -0.3 is 15.1 Å². The molecular formula is C14H23NO4. The number of aliphatic hydroxyl groups is 1. The zero-order chi connectivity index (χ0) is 14.2. The zero-order valence-electron chi connectivity index (χ0n) is 11.6. The minimum atomic E-state index is -0.861. The van der Waals surface area contributed by atoms with E-state index < -0.39 is 23.4 Å². The highest BCUT2D eigenvalue weighted by Crippen LogP contribution is 2.40. The van der Waals surface area contributed by atoms with Crippen LogP contribution in [0.3, 0.4) is 0 Å². The van der Waals surface area contributed by atoms with Crippen molar-refractivity contribution in [2.45, 2.75) is 45.1 Å². The summed E-state index contributed by atoms with van der Waals surface area (Å²) >= 11 is 0. The lowest BCUT2D eigenvalue weighted by molar-refractivity contribution is -0.149. The molecule has 5 nitrogen and oxygen atoms in total. The quantitative estimate of drug-likeness (QED) is 0.804. The number of carbonyl (C=O) groups is 2. The van der Waals surface area contributed by atoms with E-state index in [1.807, 2.05) is 6.92 Å². The van der Waals surface area contributed by atoms with Gasteiger partial charge in [-0.05, 0) is 32.1 Å². The molecule has 4 atom stereocenters. The highest BCUT2D eigenvalue weighted by molar-refractivity contribution is 5.85. The molecule has 1 aliphatic carbocycles. The van der Waals surface area contributed by atoms with E-state index in [-0.39, 0.29) is 5.91 Å². The molecule has 0 bridgehead atoms. The summed E-state index contributed by atoms with van der Waals surface area (Å²) in [5, 5.41) is 19.2. The van der Waals surface area contributed by atoms with Crippen LogP contribution in [0.2, 0.25) is 0 Å². The maximum absolute atomic E-state index is 12.5. The van der Waals surface area contributed by atoms with Crippen LogP contribution in [-0.4, -0.2) is 45.7 Å². The van der Waals surface area contributed by atoms with Crippen molar-refractivity contribution in [1.29, 1.82) is 0 Å². The van der Waals surface area contributed by atoms with E-state index in [1.54, 1.807) is 11.8 Å². The van der Waals surface area contributed by atoms with Crippen LogP contribution in [0.25, 0.3) is 0 Å². The molecule has 0 aromatic carbocycles. The number of aliphatic carboxylic acids is 1. The summed E-state index contributed by atoms with van der Waals surface area (Å²) in [4.78, 5) is 25.4. The highest BCUT2D eigenvalue weighted by Gasteiger charge is 2.45. The fourth-order valence-corrected chi connectivity index (χ4v) is 3.39. The number of hydrogen-bond donors (Lipinski definition) is 2. The average molecular weight is 269 g/mol. The molecule has 4 unspecified atom stereocenters. The molecule has 0 aromatic rings. The fraction of sp³-hybridized carbons (Fsp3) is 0.857. The van der Waals surface area contributed by atoms with Crippen molar-refractivity contribution in [2.75, 3.05) is 13.1 Å². The molecule has 2 rings (SSSR count). The Hall–Kier alpha value is -1.10. The van der Waals surface area contributed by atoms with Crippen molar-refractivity contribution in [3.63, 3.8) is 0 Å². The Morgan fingerprint density at radius 1 is 1.32 bits per heavy atom. The maximum Gasteiger partial charge on any atom is 0.307 e. The Bertz CT molecular complexity index is 380. The molecule has 5 heteroatoms. The number of carbonyl (C=O) groups excluding carboxylic acids is 1. The monoisotopic (exact) mass is 269 g/mol. The number of likely N-dealkylation sites (tertiary alicyclic amines) is 1. The second-order valence-electron chi connectivity index (χ2n) is 6.30. The molecule has 2 aliphatic rings. The lowest BCUT2D eigenvalue weighted by atomic mass is 9.95. The molecule has 0 aromatic heterocycles. The molecule has 1 heterocycles. The Labute approximate surface area is 113 Å². The van der Waals surface area contributed by atoms with Gasteiger partial charge in [0.25, 0.3) is 0 Å². The third-order valence-corrected chi connectivity index (χ3v) is 4.64. The van der Waals surface area contributed by atoms with Crippen molar-refractivity contribution >= 4 is 11.9 Å². The minimum Gasteiger partial charge on any atom is -0.481 e. The summed E-state index contributed by atoms with van der Waals surface area (Å²) in [5.74, 6) is -1.57. The van der Waals surface area contributed by atoms with Crippen molar-refractivity contribution in [3.8, 4) is 0 Å². The SMILES string of the molecule is CCC1CC(C(=O)O)C(C(=O)N2CCC(C)(O)C2)C1. The van der Waals surface area contributed by atoms with Crippen molar-refractivity contribution in [1.82, 2.24) is 4.90 Å². The van der Waals surface area contributed by atoms with Crippen LogP contribution in [-0.2, 0) is 9.59 Å². The van der Waals surface area contributed by atoms with Crippen molar-refractivity contribution in [2.24, 2.45) is 17.8 Å². The van der Waals surface area contributed by atoms with E-state index in [0.29, 0.717) is 38.3 Å².